The Morgan fingerprint density at radius 1 is 1.17 bits per heavy atom. The molecule has 0 amide bonds. The van der Waals surface area contributed by atoms with E-state index in [0.717, 1.165) is 25.9 Å². The molecular weight excluding hydrogens is 298 g/mol. The van der Waals surface area contributed by atoms with Gasteiger partial charge in [0.25, 0.3) is 0 Å². The van der Waals surface area contributed by atoms with Gasteiger partial charge in [-0.2, -0.15) is 0 Å². The molecule has 1 N–H and O–H groups in total. The molecule has 0 bridgehead atoms. The van der Waals surface area contributed by atoms with Crippen LogP contribution in [0.1, 0.15) is 63.1 Å². The molecule has 0 spiro atoms. The maximum Gasteiger partial charge on any atom is 0.317 e. The fourth-order valence-corrected chi connectivity index (χ4v) is 2.56. The van der Waals surface area contributed by atoms with Gasteiger partial charge in [0.05, 0.1) is 6.54 Å². The molecule has 0 aromatic heterocycles. The van der Waals surface area contributed by atoms with E-state index < -0.39 is 5.97 Å². The molecule has 3 nitrogen and oxygen atoms in total. The number of aryl methyl sites for hydroxylation is 2. The number of nitrogens with zero attached hydrogens (tertiary/aromatic N) is 1. The first-order valence-corrected chi connectivity index (χ1v) is 9.31. The smallest absolute Gasteiger partial charge is 0.317 e. The van der Waals surface area contributed by atoms with Gasteiger partial charge in [-0.25, -0.2) is 0 Å². The maximum atomic E-state index is 10.8. The number of rotatable bonds is 5. The highest BCUT2D eigenvalue weighted by molar-refractivity contribution is 5.69. The lowest BCUT2D eigenvalue weighted by molar-refractivity contribution is -0.138. The summed E-state index contributed by atoms with van der Waals surface area (Å²) in [6, 6.07) is 6.54. The molecule has 1 saturated carbocycles. The number of hydrogen-bond donors (Lipinski definition) is 1. The second kappa shape index (κ2) is 11.0. The minimum atomic E-state index is -0.755. The lowest BCUT2D eigenvalue weighted by atomic mass is 9.91. The van der Waals surface area contributed by atoms with Gasteiger partial charge in [-0.15, -0.1) is 0 Å². The highest BCUT2D eigenvalue weighted by Gasteiger charge is 2.14. The van der Waals surface area contributed by atoms with Crippen LogP contribution < -0.4 is 0 Å². The first kappa shape index (κ1) is 20.4. The molecule has 0 radical (unpaired) electrons. The Morgan fingerprint density at radius 2 is 1.83 bits per heavy atom. The SMILES string of the molecule is C1CC1.CC.CCN(CC(=O)O)CC1=Cc2ccc(C)cc2CC1. The van der Waals surface area contributed by atoms with E-state index in [-0.39, 0.29) is 6.54 Å². The second-order valence-electron chi connectivity index (χ2n) is 6.26. The molecule has 0 aliphatic heterocycles. The molecule has 3 heteroatoms. The summed E-state index contributed by atoms with van der Waals surface area (Å²) in [5.41, 5.74) is 5.33. The number of benzene rings is 1. The van der Waals surface area contributed by atoms with Crippen molar-refractivity contribution in [2.75, 3.05) is 19.6 Å². The van der Waals surface area contributed by atoms with E-state index in [0.29, 0.717) is 0 Å². The Hall–Kier alpha value is -1.61. The van der Waals surface area contributed by atoms with Crippen LogP contribution >= 0.6 is 0 Å². The molecule has 0 unspecified atom stereocenters. The van der Waals surface area contributed by atoms with Crippen LogP contribution in [-0.4, -0.2) is 35.6 Å². The van der Waals surface area contributed by atoms with Crippen LogP contribution in [0.25, 0.3) is 6.08 Å². The largest absolute Gasteiger partial charge is 0.480 e. The summed E-state index contributed by atoms with van der Waals surface area (Å²) in [5, 5.41) is 8.87. The summed E-state index contributed by atoms with van der Waals surface area (Å²) in [6.07, 6.45) is 8.82. The van der Waals surface area contributed by atoms with Crippen molar-refractivity contribution in [1.82, 2.24) is 4.90 Å². The monoisotopic (exact) mass is 331 g/mol. The van der Waals surface area contributed by atoms with Gasteiger partial charge >= 0.3 is 5.97 Å². The number of likely N-dealkylation sites (N-methyl/N-ethyl adjacent to an activating group) is 1. The zero-order valence-corrected chi connectivity index (χ0v) is 15.8. The average molecular weight is 332 g/mol. The molecule has 0 saturated heterocycles. The van der Waals surface area contributed by atoms with Gasteiger partial charge in [-0.05, 0) is 37.4 Å². The third kappa shape index (κ3) is 7.78. The molecule has 3 rings (SSSR count). The normalized spacial score (nSPS) is 14.5. The molecule has 1 aromatic rings. The minimum Gasteiger partial charge on any atom is -0.480 e. The van der Waals surface area contributed by atoms with Crippen molar-refractivity contribution >= 4 is 12.0 Å². The quantitative estimate of drug-likeness (QED) is 0.832. The van der Waals surface area contributed by atoms with Gasteiger partial charge in [-0.1, -0.05) is 75.4 Å². The molecule has 24 heavy (non-hydrogen) atoms. The number of hydrogen-bond acceptors (Lipinski definition) is 2. The van der Waals surface area contributed by atoms with E-state index in [1.54, 1.807) is 0 Å². The summed E-state index contributed by atoms with van der Waals surface area (Å²) >= 11 is 0. The predicted molar refractivity (Wildman–Crippen MR) is 102 cm³/mol. The van der Waals surface area contributed by atoms with Crippen molar-refractivity contribution in [2.45, 2.75) is 59.8 Å². The van der Waals surface area contributed by atoms with Crippen LogP contribution in [-0.2, 0) is 11.2 Å². The second-order valence-corrected chi connectivity index (χ2v) is 6.26. The van der Waals surface area contributed by atoms with Crippen LogP contribution in [0.15, 0.2) is 23.8 Å². The highest BCUT2D eigenvalue weighted by Crippen LogP contribution is 2.25. The standard InChI is InChI=1S/C16H21NO2.C3H6.C2H6/c1-3-17(11-16(18)19)10-13-5-7-14-8-12(2)4-6-15(14)9-13;1-2-3-1;1-2/h4,6,8-9H,3,5,7,10-11H2,1-2H3,(H,18,19);1-3H2;1-2H3. The Balaban J connectivity index is 0.000000503. The predicted octanol–water partition coefficient (Wildman–Crippen LogP) is 4.93. The molecule has 134 valence electrons. The molecule has 0 atom stereocenters. The molecule has 2 aliphatic rings. The number of carboxylic acids is 1. The summed E-state index contributed by atoms with van der Waals surface area (Å²) in [5.74, 6) is -0.755. The highest BCUT2D eigenvalue weighted by atomic mass is 16.4. The van der Waals surface area contributed by atoms with Crippen molar-refractivity contribution in [3.05, 3.63) is 40.5 Å². The minimum absolute atomic E-state index is 0.120. The van der Waals surface area contributed by atoms with Crippen molar-refractivity contribution < 1.29 is 9.90 Å². The van der Waals surface area contributed by atoms with E-state index in [9.17, 15) is 4.79 Å². The third-order valence-electron chi connectivity index (χ3n) is 3.96. The average Bonchev–Trinajstić information content (AvgIpc) is 3.44. The van der Waals surface area contributed by atoms with Crippen LogP contribution in [0, 0.1) is 6.92 Å². The fourth-order valence-electron chi connectivity index (χ4n) is 2.56. The van der Waals surface area contributed by atoms with Gasteiger partial charge < -0.3 is 5.11 Å². The number of fused-ring (bicyclic) bond motifs is 1. The van der Waals surface area contributed by atoms with E-state index in [1.165, 1.54) is 41.5 Å². The van der Waals surface area contributed by atoms with E-state index in [1.807, 2.05) is 25.7 Å². The van der Waals surface area contributed by atoms with Crippen LogP contribution in [0.4, 0.5) is 0 Å². The number of aliphatic carboxylic acids is 1. The Kier molecular flexibility index (Phi) is 9.39. The van der Waals surface area contributed by atoms with Crippen molar-refractivity contribution in [3.63, 3.8) is 0 Å². The summed E-state index contributed by atoms with van der Waals surface area (Å²) in [7, 11) is 0. The topological polar surface area (TPSA) is 40.5 Å². The van der Waals surface area contributed by atoms with Crippen LogP contribution in [0.3, 0.4) is 0 Å². The Bertz CT molecular complexity index is 544. The van der Waals surface area contributed by atoms with Crippen molar-refractivity contribution in [2.24, 2.45) is 0 Å². The fraction of sp³-hybridized carbons (Fsp3) is 0.571. The summed E-state index contributed by atoms with van der Waals surface area (Å²) in [6.45, 7) is 9.77. The summed E-state index contributed by atoms with van der Waals surface area (Å²) < 4.78 is 0. The van der Waals surface area contributed by atoms with Gasteiger partial charge in [0.15, 0.2) is 0 Å². The van der Waals surface area contributed by atoms with E-state index >= 15 is 0 Å². The molecule has 2 aliphatic carbocycles. The summed E-state index contributed by atoms with van der Waals surface area (Å²) in [4.78, 5) is 12.8. The molecular formula is C21H33NO2. The number of carboxylic acid groups (broad SMARTS) is 1. The lowest BCUT2D eigenvalue weighted by Crippen LogP contribution is -2.31. The van der Waals surface area contributed by atoms with Gasteiger partial charge in [0, 0.05) is 6.54 Å². The molecule has 1 fully saturated rings. The maximum absolute atomic E-state index is 10.8. The molecule has 1 aromatic carbocycles. The van der Waals surface area contributed by atoms with Gasteiger partial charge in [0.1, 0.15) is 0 Å². The van der Waals surface area contributed by atoms with E-state index in [4.69, 9.17) is 5.11 Å². The van der Waals surface area contributed by atoms with Crippen molar-refractivity contribution in [3.8, 4) is 0 Å². The first-order valence-electron chi connectivity index (χ1n) is 9.31. The van der Waals surface area contributed by atoms with Gasteiger partial charge in [0.2, 0.25) is 0 Å². The third-order valence-corrected chi connectivity index (χ3v) is 3.96. The number of carbonyl (C=O) groups is 1. The Morgan fingerprint density at radius 3 is 2.38 bits per heavy atom. The molecule has 0 heterocycles. The van der Waals surface area contributed by atoms with Gasteiger partial charge in [-0.3, -0.25) is 9.69 Å². The van der Waals surface area contributed by atoms with Crippen molar-refractivity contribution in [1.29, 1.82) is 0 Å². The zero-order valence-electron chi connectivity index (χ0n) is 15.8. The first-order chi connectivity index (χ1) is 11.6. The van der Waals surface area contributed by atoms with Crippen LogP contribution in [0.2, 0.25) is 0 Å². The lowest BCUT2D eigenvalue weighted by Gasteiger charge is -2.23. The zero-order chi connectivity index (χ0) is 17.9. The Labute approximate surface area is 147 Å². The van der Waals surface area contributed by atoms with E-state index in [2.05, 4.69) is 31.2 Å². The van der Waals surface area contributed by atoms with Crippen LogP contribution in [0.5, 0.6) is 0 Å².